The average molecular weight is 157 g/mol. The van der Waals surface area contributed by atoms with Gasteiger partial charge in [0.2, 0.25) is 0 Å². The summed E-state index contributed by atoms with van der Waals surface area (Å²) in [5.74, 6) is 0. The van der Waals surface area contributed by atoms with Crippen molar-refractivity contribution in [1.29, 1.82) is 0 Å². The van der Waals surface area contributed by atoms with Crippen LogP contribution in [0.25, 0.3) is 0 Å². The smallest absolute Gasteiger partial charge is 0.0744 e. The van der Waals surface area contributed by atoms with Crippen molar-refractivity contribution in [3.05, 3.63) is 17.1 Å². The van der Waals surface area contributed by atoms with Crippen molar-refractivity contribution >= 4 is 11.5 Å². The van der Waals surface area contributed by atoms with Gasteiger partial charge in [-0.15, -0.1) is 0 Å². The summed E-state index contributed by atoms with van der Waals surface area (Å²) in [5, 5.41) is 2.00. The molecule has 0 aliphatic carbocycles. The maximum absolute atomic E-state index is 5.35. The molecule has 0 amide bonds. The first kappa shape index (κ1) is 7.69. The van der Waals surface area contributed by atoms with Crippen LogP contribution in [0.1, 0.15) is 19.4 Å². The van der Waals surface area contributed by atoms with E-state index < -0.39 is 0 Å². The Hall–Kier alpha value is -0.410. The van der Waals surface area contributed by atoms with Crippen molar-refractivity contribution in [3.8, 4) is 0 Å². The molecule has 0 spiro atoms. The van der Waals surface area contributed by atoms with Gasteiger partial charge in [-0.2, -0.15) is 0 Å². The molecule has 1 rings (SSSR count). The lowest BCUT2D eigenvalue weighted by atomic mass is 10.4. The molecule has 1 heterocycles. The number of nitrogens with zero attached hydrogens (tertiary/aromatic N) is 1. The molecule has 0 saturated heterocycles. The third kappa shape index (κ3) is 2.45. The fourth-order valence-electron chi connectivity index (χ4n) is 0.561. The van der Waals surface area contributed by atoms with Gasteiger partial charge in [-0.1, -0.05) is 0 Å². The molecule has 2 nitrogen and oxygen atoms in total. The van der Waals surface area contributed by atoms with Crippen LogP contribution in [0.2, 0.25) is 0 Å². The molecule has 0 bridgehead atoms. The van der Waals surface area contributed by atoms with Crippen LogP contribution in [0.4, 0.5) is 0 Å². The number of hydrogen-bond donors (Lipinski definition) is 0. The molecular weight excluding hydrogens is 146 g/mol. The standard InChI is InChI=1S/C7H11NOS/c1-6(2)9-4-7-3-8-10-5-7/h3,5-6H,4H2,1-2H3. The van der Waals surface area contributed by atoms with Crippen molar-refractivity contribution in [2.24, 2.45) is 0 Å². The first-order valence-corrected chi connectivity index (χ1v) is 4.12. The second-order valence-corrected chi connectivity index (χ2v) is 3.05. The largest absolute Gasteiger partial charge is 0.374 e. The van der Waals surface area contributed by atoms with Gasteiger partial charge in [0, 0.05) is 17.1 Å². The van der Waals surface area contributed by atoms with E-state index in [-0.39, 0.29) is 0 Å². The number of ether oxygens (including phenoxy) is 1. The van der Waals surface area contributed by atoms with E-state index >= 15 is 0 Å². The molecule has 0 saturated carbocycles. The SMILES string of the molecule is CC(C)OCc1cnsc1. The normalized spacial score (nSPS) is 10.7. The van der Waals surface area contributed by atoms with Crippen molar-refractivity contribution in [3.63, 3.8) is 0 Å². The molecular formula is C7H11NOS. The van der Waals surface area contributed by atoms with E-state index in [1.807, 2.05) is 25.4 Å². The molecule has 0 aromatic carbocycles. The Bertz CT molecular complexity index is 172. The Morgan fingerprint density at radius 1 is 1.70 bits per heavy atom. The van der Waals surface area contributed by atoms with Crippen LogP contribution < -0.4 is 0 Å². The highest BCUT2D eigenvalue weighted by Gasteiger charge is 1.95. The molecule has 0 fully saturated rings. The van der Waals surface area contributed by atoms with Crippen LogP contribution >= 0.6 is 11.5 Å². The third-order valence-electron chi connectivity index (χ3n) is 1.07. The van der Waals surface area contributed by atoms with Gasteiger partial charge in [-0.25, -0.2) is 4.37 Å². The summed E-state index contributed by atoms with van der Waals surface area (Å²) in [6.07, 6.45) is 2.15. The van der Waals surface area contributed by atoms with Gasteiger partial charge < -0.3 is 4.74 Å². The molecule has 0 N–H and O–H groups in total. The summed E-state index contributed by atoms with van der Waals surface area (Å²) in [6, 6.07) is 0. The number of aromatic nitrogens is 1. The zero-order valence-corrected chi connectivity index (χ0v) is 7.02. The summed E-state index contributed by atoms with van der Waals surface area (Å²) in [4.78, 5) is 0. The molecule has 10 heavy (non-hydrogen) atoms. The molecule has 56 valence electrons. The lowest BCUT2D eigenvalue weighted by Crippen LogP contribution is -2.01. The third-order valence-corrected chi connectivity index (χ3v) is 1.70. The summed E-state index contributed by atoms with van der Waals surface area (Å²) in [6.45, 7) is 4.74. The lowest BCUT2D eigenvalue weighted by Gasteiger charge is -2.03. The number of hydrogen-bond acceptors (Lipinski definition) is 3. The summed E-state index contributed by atoms with van der Waals surface area (Å²) in [5.41, 5.74) is 1.17. The molecule has 0 atom stereocenters. The fraction of sp³-hybridized carbons (Fsp3) is 0.571. The second-order valence-electron chi connectivity index (χ2n) is 2.39. The maximum Gasteiger partial charge on any atom is 0.0744 e. The quantitative estimate of drug-likeness (QED) is 0.670. The molecule has 1 aromatic rings. The average Bonchev–Trinajstić information content (AvgIpc) is 2.34. The Morgan fingerprint density at radius 3 is 3.00 bits per heavy atom. The van der Waals surface area contributed by atoms with Crippen molar-refractivity contribution in [1.82, 2.24) is 4.37 Å². The Labute approximate surface area is 65.0 Å². The molecule has 0 aliphatic rings. The maximum atomic E-state index is 5.35. The Kier molecular flexibility index (Phi) is 2.83. The van der Waals surface area contributed by atoms with Crippen molar-refractivity contribution < 1.29 is 4.74 Å². The predicted octanol–water partition coefficient (Wildman–Crippen LogP) is 2.07. The van der Waals surface area contributed by atoms with Crippen LogP contribution in [0, 0.1) is 0 Å². The molecule has 1 aromatic heterocycles. The van der Waals surface area contributed by atoms with Crippen LogP contribution in [-0.4, -0.2) is 10.5 Å². The van der Waals surface area contributed by atoms with Gasteiger partial charge in [0.25, 0.3) is 0 Å². The predicted molar refractivity (Wildman–Crippen MR) is 42.0 cm³/mol. The minimum atomic E-state index is 0.305. The highest BCUT2D eigenvalue weighted by atomic mass is 32.1. The zero-order chi connectivity index (χ0) is 7.40. The minimum absolute atomic E-state index is 0.305. The van der Waals surface area contributed by atoms with Crippen LogP contribution in [0.3, 0.4) is 0 Å². The van der Waals surface area contributed by atoms with E-state index in [2.05, 4.69) is 4.37 Å². The summed E-state index contributed by atoms with van der Waals surface area (Å²) < 4.78 is 9.31. The van der Waals surface area contributed by atoms with E-state index in [1.165, 1.54) is 17.1 Å². The minimum Gasteiger partial charge on any atom is -0.374 e. The highest BCUT2D eigenvalue weighted by molar-refractivity contribution is 7.03. The van der Waals surface area contributed by atoms with Crippen LogP contribution in [0.15, 0.2) is 11.6 Å². The van der Waals surface area contributed by atoms with Gasteiger partial charge in [-0.3, -0.25) is 0 Å². The van der Waals surface area contributed by atoms with Crippen molar-refractivity contribution in [2.45, 2.75) is 26.6 Å². The monoisotopic (exact) mass is 157 g/mol. The summed E-state index contributed by atoms with van der Waals surface area (Å²) >= 11 is 1.46. The lowest BCUT2D eigenvalue weighted by molar-refractivity contribution is 0.0658. The fourth-order valence-corrected chi connectivity index (χ4v) is 1.08. The van der Waals surface area contributed by atoms with E-state index in [0.29, 0.717) is 12.7 Å². The Balaban J connectivity index is 2.28. The van der Waals surface area contributed by atoms with Gasteiger partial charge in [0.15, 0.2) is 0 Å². The van der Waals surface area contributed by atoms with E-state index in [1.54, 1.807) is 0 Å². The second kappa shape index (κ2) is 3.68. The first-order chi connectivity index (χ1) is 4.79. The van der Waals surface area contributed by atoms with Gasteiger partial charge >= 0.3 is 0 Å². The molecule has 0 aliphatic heterocycles. The molecule has 0 unspecified atom stereocenters. The van der Waals surface area contributed by atoms with E-state index in [0.717, 1.165) is 0 Å². The molecule has 3 heteroatoms. The van der Waals surface area contributed by atoms with Crippen molar-refractivity contribution in [2.75, 3.05) is 0 Å². The van der Waals surface area contributed by atoms with Gasteiger partial charge in [0.1, 0.15) is 0 Å². The highest BCUT2D eigenvalue weighted by Crippen LogP contribution is 2.04. The molecule has 0 radical (unpaired) electrons. The van der Waals surface area contributed by atoms with Gasteiger partial charge in [-0.05, 0) is 25.4 Å². The van der Waals surface area contributed by atoms with E-state index in [4.69, 9.17) is 4.74 Å². The first-order valence-electron chi connectivity index (χ1n) is 3.29. The van der Waals surface area contributed by atoms with Crippen LogP contribution in [0.5, 0.6) is 0 Å². The van der Waals surface area contributed by atoms with E-state index in [9.17, 15) is 0 Å². The topological polar surface area (TPSA) is 22.1 Å². The zero-order valence-electron chi connectivity index (χ0n) is 6.20. The van der Waals surface area contributed by atoms with Gasteiger partial charge in [0.05, 0.1) is 12.7 Å². The Morgan fingerprint density at radius 2 is 2.50 bits per heavy atom. The number of rotatable bonds is 3. The summed E-state index contributed by atoms with van der Waals surface area (Å²) in [7, 11) is 0. The van der Waals surface area contributed by atoms with Crippen LogP contribution in [-0.2, 0) is 11.3 Å².